The molecule has 1 fully saturated rings. The van der Waals surface area contributed by atoms with Crippen molar-refractivity contribution >= 4 is 17.7 Å². The van der Waals surface area contributed by atoms with Crippen LogP contribution in [0.4, 0.5) is 0 Å². The van der Waals surface area contributed by atoms with E-state index in [-0.39, 0.29) is 5.91 Å². The number of benzene rings is 2. The Labute approximate surface area is 182 Å². The predicted octanol–water partition coefficient (Wildman–Crippen LogP) is 5.41. The Morgan fingerprint density at radius 1 is 0.900 bits per heavy atom. The van der Waals surface area contributed by atoms with Crippen LogP contribution in [0.3, 0.4) is 0 Å². The summed E-state index contributed by atoms with van der Waals surface area (Å²) in [6.07, 6.45) is 1.19. The SMILES string of the molecule is CC1CC(C)CN(C(=O)CSc2nc(-c3ccccc3)cc(-c3ccccc3)n2)C1. The summed E-state index contributed by atoms with van der Waals surface area (Å²) in [7, 11) is 0. The van der Waals surface area contributed by atoms with E-state index in [1.54, 1.807) is 0 Å². The van der Waals surface area contributed by atoms with Gasteiger partial charge in [0.1, 0.15) is 0 Å². The Morgan fingerprint density at radius 2 is 1.40 bits per heavy atom. The van der Waals surface area contributed by atoms with E-state index in [0.717, 1.165) is 35.6 Å². The minimum Gasteiger partial charge on any atom is -0.341 e. The van der Waals surface area contributed by atoms with Gasteiger partial charge in [-0.3, -0.25) is 4.79 Å². The fraction of sp³-hybridized carbons (Fsp3) is 0.320. The van der Waals surface area contributed by atoms with Crippen LogP contribution in [-0.2, 0) is 4.79 Å². The van der Waals surface area contributed by atoms with Gasteiger partial charge >= 0.3 is 0 Å². The molecule has 4 nitrogen and oxygen atoms in total. The molecule has 2 unspecified atom stereocenters. The number of carbonyl (C=O) groups is 1. The van der Waals surface area contributed by atoms with Crippen LogP contribution in [0.25, 0.3) is 22.5 Å². The lowest BCUT2D eigenvalue weighted by Gasteiger charge is -2.34. The van der Waals surface area contributed by atoms with E-state index in [0.29, 0.717) is 22.7 Å². The van der Waals surface area contributed by atoms with Crippen LogP contribution in [0.5, 0.6) is 0 Å². The van der Waals surface area contributed by atoms with Crippen molar-refractivity contribution in [1.29, 1.82) is 0 Å². The molecule has 0 N–H and O–H groups in total. The molecule has 0 aliphatic carbocycles. The predicted molar refractivity (Wildman–Crippen MR) is 123 cm³/mol. The molecular weight excluding hydrogens is 390 g/mol. The van der Waals surface area contributed by atoms with Gasteiger partial charge in [0.2, 0.25) is 5.91 Å². The van der Waals surface area contributed by atoms with Gasteiger partial charge in [-0.15, -0.1) is 0 Å². The first-order valence-electron chi connectivity index (χ1n) is 10.5. The van der Waals surface area contributed by atoms with Gasteiger partial charge in [-0.1, -0.05) is 86.3 Å². The number of rotatable bonds is 5. The zero-order valence-corrected chi connectivity index (χ0v) is 18.3. The van der Waals surface area contributed by atoms with Crippen molar-refractivity contribution in [3.63, 3.8) is 0 Å². The quantitative estimate of drug-likeness (QED) is 0.411. The number of thioether (sulfide) groups is 1. The maximum atomic E-state index is 12.8. The van der Waals surface area contributed by atoms with E-state index < -0.39 is 0 Å². The molecule has 2 aromatic carbocycles. The van der Waals surface area contributed by atoms with Crippen molar-refractivity contribution in [3.8, 4) is 22.5 Å². The first-order valence-corrected chi connectivity index (χ1v) is 11.5. The lowest BCUT2D eigenvalue weighted by atomic mass is 9.92. The Kier molecular flexibility index (Phi) is 6.48. The average Bonchev–Trinajstić information content (AvgIpc) is 2.78. The maximum absolute atomic E-state index is 12.8. The van der Waals surface area contributed by atoms with Gasteiger partial charge in [-0.2, -0.15) is 0 Å². The fourth-order valence-corrected chi connectivity index (χ4v) is 4.85. The highest BCUT2D eigenvalue weighted by atomic mass is 32.2. The molecular formula is C25H27N3OS. The highest BCUT2D eigenvalue weighted by molar-refractivity contribution is 7.99. The van der Waals surface area contributed by atoms with Crippen molar-refractivity contribution in [3.05, 3.63) is 66.7 Å². The minimum atomic E-state index is 0.174. The van der Waals surface area contributed by atoms with Crippen LogP contribution in [0.2, 0.25) is 0 Å². The van der Waals surface area contributed by atoms with Gasteiger partial charge in [0.25, 0.3) is 0 Å². The van der Waals surface area contributed by atoms with E-state index in [1.165, 1.54) is 18.2 Å². The zero-order valence-electron chi connectivity index (χ0n) is 17.5. The minimum absolute atomic E-state index is 0.174. The van der Waals surface area contributed by atoms with E-state index in [1.807, 2.05) is 71.6 Å². The zero-order chi connectivity index (χ0) is 20.9. The Balaban J connectivity index is 1.57. The third-order valence-corrected chi connectivity index (χ3v) is 6.22. The van der Waals surface area contributed by atoms with Crippen LogP contribution in [0, 0.1) is 11.8 Å². The molecule has 1 saturated heterocycles. The summed E-state index contributed by atoms with van der Waals surface area (Å²) in [5, 5.41) is 0.640. The number of hydrogen-bond acceptors (Lipinski definition) is 4. The molecule has 3 aromatic rings. The summed E-state index contributed by atoms with van der Waals surface area (Å²) in [5.74, 6) is 1.66. The molecule has 2 atom stereocenters. The van der Waals surface area contributed by atoms with Gasteiger partial charge in [0, 0.05) is 24.2 Å². The summed E-state index contributed by atoms with van der Waals surface area (Å²) in [6.45, 7) is 6.15. The smallest absolute Gasteiger partial charge is 0.233 e. The number of likely N-dealkylation sites (tertiary alicyclic amines) is 1. The number of nitrogens with zero attached hydrogens (tertiary/aromatic N) is 3. The second-order valence-corrected chi connectivity index (χ2v) is 9.13. The summed E-state index contributed by atoms with van der Waals surface area (Å²) < 4.78 is 0. The molecule has 0 spiro atoms. The lowest BCUT2D eigenvalue weighted by Crippen LogP contribution is -2.43. The first kappa shape index (κ1) is 20.6. The highest BCUT2D eigenvalue weighted by Gasteiger charge is 2.25. The molecule has 1 aliphatic heterocycles. The molecule has 1 amide bonds. The monoisotopic (exact) mass is 417 g/mol. The lowest BCUT2D eigenvalue weighted by molar-refractivity contribution is -0.130. The molecule has 1 aromatic heterocycles. The van der Waals surface area contributed by atoms with Gasteiger partial charge in [0.05, 0.1) is 17.1 Å². The second kappa shape index (κ2) is 9.43. The Bertz CT molecular complexity index is 926. The molecule has 4 rings (SSSR count). The van der Waals surface area contributed by atoms with Gasteiger partial charge in [-0.25, -0.2) is 9.97 Å². The molecule has 0 saturated carbocycles. The largest absolute Gasteiger partial charge is 0.341 e. The summed E-state index contributed by atoms with van der Waals surface area (Å²) >= 11 is 1.43. The van der Waals surface area contributed by atoms with Crippen LogP contribution >= 0.6 is 11.8 Å². The molecule has 30 heavy (non-hydrogen) atoms. The van der Waals surface area contributed by atoms with Crippen molar-refractivity contribution in [2.75, 3.05) is 18.8 Å². The van der Waals surface area contributed by atoms with E-state index in [2.05, 4.69) is 13.8 Å². The van der Waals surface area contributed by atoms with Crippen molar-refractivity contribution < 1.29 is 4.79 Å². The Hall–Kier alpha value is -2.66. The van der Waals surface area contributed by atoms with Crippen LogP contribution in [-0.4, -0.2) is 39.6 Å². The third-order valence-electron chi connectivity index (χ3n) is 5.39. The van der Waals surface area contributed by atoms with Crippen molar-refractivity contribution in [2.24, 2.45) is 11.8 Å². The maximum Gasteiger partial charge on any atom is 0.233 e. The van der Waals surface area contributed by atoms with Crippen LogP contribution < -0.4 is 0 Å². The topological polar surface area (TPSA) is 46.1 Å². The average molecular weight is 418 g/mol. The van der Waals surface area contributed by atoms with Crippen molar-refractivity contribution in [2.45, 2.75) is 25.4 Å². The Morgan fingerprint density at radius 3 is 1.90 bits per heavy atom. The number of hydrogen-bond donors (Lipinski definition) is 0. The fourth-order valence-electron chi connectivity index (χ4n) is 4.09. The van der Waals surface area contributed by atoms with E-state index in [9.17, 15) is 4.79 Å². The van der Waals surface area contributed by atoms with Crippen LogP contribution in [0.1, 0.15) is 20.3 Å². The van der Waals surface area contributed by atoms with Gasteiger partial charge < -0.3 is 4.90 Å². The molecule has 0 bridgehead atoms. The van der Waals surface area contributed by atoms with Gasteiger partial charge in [0.15, 0.2) is 5.16 Å². The number of carbonyl (C=O) groups excluding carboxylic acids is 1. The third kappa shape index (κ3) is 5.08. The first-order chi connectivity index (χ1) is 14.6. The standard InChI is InChI=1S/C25H27N3OS/c1-18-13-19(2)16-28(15-18)24(29)17-30-25-26-22(20-9-5-3-6-10-20)14-23(27-25)21-11-7-4-8-12-21/h3-12,14,18-19H,13,15-17H2,1-2H3. The number of piperidine rings is 1. The second-order valence-electron chi connectivity index (χ2n) is 8.19. The summed E-state index contributed by atoms with van der Waals surface area (Å²) in [4.78, 5) is 24.3. The summed E-state index contributed by atoms with van der Waals surface area (Å²) in [5.41, 5.74) is 3.84. The van der Waals surface area contributed by atoms with Crippen molar-refractivity contribution in [1.82, 2.24) is 14.9 Å². The molecule has 5 heteroatoms. The molecule has 1 aliphatic rings. The molecule has 154 valence electrons. The molecule has 2 heterocycles. The van der Waals surface area contributed by atoms with Crippen LogP contribution in [0.15, 0.2) is 71.9 Å². The van der Waals surface area contributed by atoms with Gasteiger partial charge in [-0.05, 0) is 24.3 Å². The number of aromatic nitrogens is 2. The van der Waals surface area contributed by atoms with E-state index in [4.69, 9.17) is 9.97 Å². The normalized spacial score (nSPS) is 18.9. The molecule has 0 radical (unpaired) electrons. The summed E-state index contributed by atoms with van der Waals surface area (Å²) in [6, 6.07) is 22.2. The number of amides is 1. The van der Waals surface area contributed by atoms with E-state index >= 15 is 0 Å². The highest BCUT2D eigenvalue weighted by Crippen LogP contribution is 2.28.